The lowest BCUT2D eigenvalue weighted by molar-refractivity contribution is 0.467. The first-order valence-corrected chi connectivity index (χ1v) is 6.92. The number of fused-ring (bicyclic) bond motifs is 1. The fourth-order valence-corrected chi connectivity index (χ4v) is 2.86. The summed E-state index contributed by atoms with van der Waals surface area (Å²) >= 11 is 0. The molecule has 0 aliphatic heterocycles. The van der Waals surface area contributed by atoms with Crippen LogP contribution in [0.3, 0.4) is 0 Å². The van der Waals surface area contributed by atoms with E-state index in [1.165, 1.54) is 12.8 Å². The third-order valence-electron chi connectivity index (χ3n) is 3.82. The second-order valence-corrected chi connectivity index (χ2v) is 5.20. The second kappa shape index (κ2) is 4.68. The molecule has 0 radical (unpaired) electrons. The van der Waals surface area contributed by atoms with Crippen molar-refractivity contribution >= 4 is 11.0 Å². The van der Waals surface area contributed by atoms with E-state index in [1.54, 1.807) is 10.8 Å². The van der Waals surface area contributed by atoms with Crippen molar-refractivity contribution in [2.75, 3.05) is 0 Å². The molecule has 1 N–H and O–H groups in total. The molecule has 0 bridgehead atoms. The molecular weight excluding hydrogens is 244 g/mol. The van der Waals surface area contributed by atoms with Crippen LogP contribution in [-0.4, -0.2) is 19.3 Å². The maximum atomic E-state index is 11.9. The lowest BCUT2D eigenvalue weighted by atomic mass is 10.2. The molecular formula is C13H18N4O2. The molecule has 0 amide bonds. The number of H-pyrrole nitrogens is 1. The molecule has 0 aromatic carbocycles. The van der Waals surface area contributed by atoms with Gasteiger partial charge >= 0.3 is 5.69 Å². The van der Waals surface area contributed by atoms with Crippen molar-refractivity contribution in [1.29, 1.82) is 0 Å². The van der Waals surface area contributed by atoms with Gasteiger partial charge in [0, 0.05) is 12.7 Å². The molecule has 2 aromatic rings. The molecule has 0 atom stereocenters. The predicted octanol–water partition coefficient (Wildman–Crippen LogP) is 1.41. The van der Waals surface area contributed by atoms with Gasteiger partial charge in [0.25, 0.3) is 5.56 Å². The lowest BCUT2D eigenvalue weighted by Crippen LogP contribution is -2.30. The van der Waals surface area contributed by atoms with Gasteiger partial charge in [-0.15, -0.1) is 0 Å². The van der Waals surface area contributed by atoms with Crippen LogP contribution in [0.25, 0.3) is 11.0 Å². The van der Waals surface area contributed by atoms with Crippen LogP contribution in [0.15, 0.2) is 15.8 Å². The Hall–Kier alpha value is -1.85. The minimum Gasteiger partial charge on any atom is -0.276 e. The van der Waals surface area contributed by atoms with E-state index in [2.05, 4.69) is 10.1 Å². The first-order chi connectivity index (χ1) is 9.20. The summed E-state index contributed by atoms with van der Waals surface area (Å²) in [5, 5.41) is 5.01. The van der Waals surface area contributed by atoms with Crippen LogP contribution < -0.4 is 11.2 Å². The van der Waals surface area contributed by atoms with Crippen molar-refractivity contribution in [2.24, 2.45) is 0 Å². The van der Waals surface area contributed by atoms with Crippen molar-refractivity contribution in [3.05, 3.63) is 27.0 Å². The molecule has 102 valence electrons. The zero-order chi connectivity index (χ0) is 13.4. The summed E-state index contributed by atoms with van der Waals surface area (Å²) in [6, 6.07) is 0.372. The Labute approximate surface area is 110 Å². The summed E-state index contributed by atoms with van der Waals surface area (Å²) in [5.41, 5.74) is -0.185. The predicted molar refractivity (Wildman–Crippen MR) is 72.4 cm³/mol. The summed E-state index contributed by atoms with van der Waals surface area (Å²) in [6.45, 7) is 2.57. The van der Waals surface area contributed by atoms with Crippen molar-refractivity contribution in [3.8, 4) is 0 Å². The molecule has 0 saturated heterocycles. The minimum atomic E-state index is -0.365. The Morgan fingerprint density at radius 2 is 2.11 bits per heavy atom. The Bertz CT molecular complexity index is 703. The van der Waals surface area contributed by atoms with Gasteiger partial charge in [-0.05, 0) is 19.3 Å². The van der Waals surface area contributed by atoms with Crippen LogP contribution >= 0.6 is 0 Å². The van der Waals surface area contributed by atoms with Crippen molar-refractivity contribution in [1.82, 2.24) is 19.3 Å². The van der Waals surface area contributed by atoms with Crippen LogP contribution in [0.2, 0.25) is 0 Å². The highest BCUT2D eigenvalue weighted by Crippen LogP contribution is 2.29. The standard InChI is InChI=1S/C13H18N4O2/c1-2-7-16-11-10(12(18)14-13(16)19)8-17(15-11)9-5-3-4-6-9/h8-9H,2-7H2,1H3,(H,14,18,19). The molecule has 3 rings (SSSR count). The van der Waals surface area contributed by atoms with Gasteiger partial charge in [0.1, 0.15) is 5.39 Å². The molecule has 19 heavy (non-hydrogen) atoms. The van der Waals surface area contributed by atoms with Crippen LogP contribution in [-0.2, 0) is 6.54 Å². The van der Waals surface area contributed by atoms with Crippen LogP contribution in [0, 0.1) is 0 Å². The topological polar surface area (TPSA) is 72.7 Å². The van der Waals surface area contributed by atoms with Gasteiger partial charge in [-0.3, -0.25) is 19.0 Å². The van der Waals surface area contributed by atoms with Gasteiger partial charge in [-0.1, -0.05) is 19.8 Å². The molecule has 1 saturated carbocycles. The average Bonchev–Trinajstić information content (AvgIpc) is 3.02. The van der Waals surface area contributed by atoms with Crippen molar-refractivity contribution < 1.29 is 0 Å². The summed E-state index contributed by atoms with van der Waals surface area (Å²) in [7, 11) is 0. The number of nitrogens with zero attached hydrogens (tertiary/aromatic N) is 3. The summed E-state index contributed by atoms with van der Waals surface area (Å²) in [4.78, 5) is 26.1. The molecule has 2 heterocycles. The SMILES string of the molecule is CCCn1c(=O)[nH]c(=O)c2cn(C3CCCC3)nc21. The number of hydrogen-bond acceptors (Lipinski definition) is 3. The van der Waals surface area contributed by atoms with E-state index in [0.29, 0.717) is 23.6 Å². The monoisotopic (exact) mass is 262 g/mol. The number of hydrogen-bond donors (Lipinski definition) is 1. The van der Waals surface area contributed by atoms with E-state index in [9.17, 15) is 9.59 Å². The molecule has 1 aliphatic carbocycles. The highest BCUT2D eigenvalue weighted by molar-refractivity contribution is 5.72. The third kappa shape index (κ3) is 2.01. The largest absolute Gasteiger partial charge is 0.330 e. The normalized spacial score (nSPS) is 16.5. The Morgan fingerprint density at radius 1 is 1.37 bits per heavy atom. The van der Waals surface area contributed by atoms with Gasteiger partial charge in [-0.2, -0.15) is 5.10 Å². The summed E-state index contributed by atoms with van der Waals surface area (Å²) < 4.78 is 3.43. The Kier molecular flexibility index (Phi) is 3.00. The third-order valence-corrected chi connectivity index (χ3v) is 3.82. The second-order valence-electron chi connectivity index (χ2n) is 5.20. The Morgan fingerprint density at radius 3 is 2.79 bits per heavy atom. The highest BCUT2D eigenvalue weighted by Gasteiger charge is 2.20. The summed E-state index contributed by atoms with van der Waals surface area (Å²) in [6.07, 6.45) is 7.24. The fraction of sp³-hybridized carbons (Fsp3) is 0.615. The maximum Gasteiger partial charge on any atom is 0.330 e. The number of aromatic amines is 1. The van der Waals surface area contributed by atoms with Gasteiger partial charge in [0.2, 0.25) is 0 Å². The number of nitrogens with one attached hydrogen (secondary N) is 1. The molecule has 6 nitrogen and oxygen atoms in total. The summed E-state index contributed by atoms with van der Waals surface area (Å²) in [5.74, 6) is 0. The number of aromatic nitrogens is 4. The average molecular weight is 262 g/mol. The quantitative estimate of drug-likeness (QED) is 0.909. The zero-order valence-corrected chi connectivity index (χ0v) is 11.1. The van der Waals surface area contributed by atoms with Crippen LogP contribution in [0.1, 0.15) is 45.1 Å². The van der Waals surface area contributed by atoms with Crippen LogP contribution in [0.4, 0.5) is 0 Å². The van der Waals surface area contributed by atoms with Gasteiger partial charge in [0.05, 0.1) is 6.04 Å². The molecule has 0 spiro atoms. The molecule has 1 aliphatic rings. The van der Waals surface area contributed by atoms with Crippen molar-refractivity contribution in [3.63, 3.8) is 0 Å². The van der Waals surface area contributed by atoms with Crippen molar-refractivity contribution in [2.45, 2.75) is 51.6 Å². The van der Waals surface area contributed by atoms with E-state index in [4.69, 9.17) is 0 Å². The first-order valence-electron chi connectivity index (χ1n) is 6.92. The maximum absolute atomic E-state index is 11.9. The van der Waals surface area contributed by atoms with Crippen LogP contribution in [0.5, 0.6) is 0 Å². The van der Waals surface area contributed by atoms with E-state index < -0.39 is 0 Å². The number of rotatable bonds is 3. The van der Waals surface area contributed by atoms with E-state index in [1.807, 2.05) is 11.6 Å². The molecule has 1 fully saturated rings. The molecule has 6 heteroatoms. The van der Waals surface area contributed by atoms with Gasteiger partial charge < -0.3 is 0 Å². The smallest absolute Gasteiger partial charge is 0.276 e. The van der Waals surface area contributed by atoms with Gasteiger partial charge in [-0.25, -0.2) is 4.79 Å². The minimum absolute atomic E-state index is 0.336. The van der Waals surface area contributed by atoms with E-state index >= 15 is 0 Å². The number of aryl methyl sites for hydroxylation is 1. The fourth-order valence-electron chi connectivity index (χ4n) is 2.86. The van der Waals surface area contributed by atoms with E-state index in [-0.39, 0.29) is 11.2 Å². The molecule has 2 aromatic heterocycles. The van der Waals surface area contributed by atoms with Gasteiger partial charge in [0.15, 0.2) is 5.65 Å². The van der Waals surface area contributed by atoms with E-state index in [0.717, 1.165) is 19.3 Å². The zero-order valence-electron chi connectivity index (χ0n) is 11.1. The Balaban J connectivity index is 2.20. The lowest BCUT2D eigenvalue weighted by Gasteiger charge is -2.08. The highest BCUT2D eigenvalue weighted by atomic mass is 16.2. The molecule has 0 unspecified atom stereocenters. The first kappa shape index (κ1) is 12.2.